The number of nitrogens with zero attached hydrogens (tertiary/aromatic N) is 2. The topological polar surface area (TPSA) is 49.9 Å². The van der Waals surface area contributed by atoms with Crippen LogP contribution in [0, 0.1) is 0 Å². The van der Waals surface area contributed by atoms with E-state index in [0.717, 1.165) is 22.4 Å². The molecular weight excluding hydrogens is 388 g/mol. The average molecular weight is 415 g/mol. The highest BCUT2D eigenvalue weighted by Crippen LogP contribution is 2.33. The standard InChI is InChI=1S/C26H26N2O3/c1-19(29)28-17-16-27(18-24(28)23-14-8-9-15-25(23)31-2)26(30)22-13-7-6-12-21(22)20-10-4-3-5-11-20/h3-15,24H,16-18H2,1-2H3/t24-/m0/s1. The van der Waals surface area contributed by atoms with E-state index in [-0.39, 0.29) is 17.9 Å². The number of carbonyl (C=O) groups is 2. The van der Waals surface area contributed by atoms with E-state index < -0.39 is 0 Å². The van der Waals surface area contributed by atoms with Crippen molar-refractivity contribution in [3.05, 3.63) is 90.0 Å². The van der Waals surface area contributed by atoms with E-state index in [4.69, 9.17) is 4.74 Å². The molecule has 1 saturated heterocycles. The summed E-state index contributed by atoms with van der Waals surface area (Å²) in [7, 11) is 1.62. The molecule has 1 fully saturated rings. The Balaban J connectivity index is 1.67. The van der Waals surface area contributed by atoms with Crippen LogP contribution in [0.3, 0.4) is 0 Å². The van der Waals surface area contributed by atoms with Gasteiger partial charge in [-0.15, -0.1) is 0 Å². The number of methoxy groups -OCH3 is 1. The molecule has 0 saturated carbocycles. The van der Waals surface area contributed by atoms with Gasteiger partial charge in [-0.3, -0.25) is 9.59 Å². The second kappa shape index (κ2) is 9.04. The number of rotatable bonds is 4. The maximum absolute atomic E-state index is 13.6. The van der Waals surface area contributed by atoms with E-state index in [0.29, 0.717) is 25.2 Å². The van der Waals surface area contributed by atoms with Gasteiger partial charge in [0, 0.05) is 37.7 Å². The molecule has 1 heterocycles. The maximum atomic E-state index is 13.6. The molecule has 0 unspecified atom stereocenters. The number of para-hydroxylation sites is 1. The van der Waals surface area contributed by atoms with Crippen molar-refractivity contribution in [2.24, 2.45) is 0 Å². The first kappa shape index (κ1) is 20.7. The Kier molecular flexibility index (Phi) is 6.03. The van der Waals surface area contributed by atoms with E-state index in [9.17, 15) is 9.59 Å². The summed E-state index contributed by atoms with van der Waals surface area (Å²) >= 11 is 0. The van der Waals surface area contributed by atoms with E-state index in [1.165, 1.54) is 0 Å². The molecule has 3 aromatic rings. The van der Waals surface area contributed by atoms with Gasteiger partial charge < -0.3 is 14.5 Å². The van der Waals surface area contributed by atoms with Crippen molar-refractivity contribution in [1.29, 1.82) is 0 Å². The Labute approximate surface area is 182 Å². The minimum absolute atomic E-state index is 0.00677. The van der Waals surface area contributed by atoms with Crippen LogP contribution in [0.15, 0.2) is 78.9 Å². The molecule has 1 aliphatic rings. The van der Waals surface area contributed by atoms with Gasteiger partial charge in [0.05, 0.1) is 13.2 Å². The Bertz CT molecular complexity index is 1080. The molecule has 0 radical (unpaired) electrons. The SMILES string of the molecule is COc1ccccc1[C@@H]1CN(C(=O)c2ccccc2-c2ccccc2)CCN1C(C)=O. The van der Waals surface area contributed by atoms with Crippen LogP contribution >= 0.6 is 0 Å². The number of piperazine rings is 1. The summed E-state index contributed by atoms with van der Waals surface area (Å²) in [5.74, 6) is 0.688. The molecule has 0 aromatic heterocycles. The van der Waals surface area contributed by atoms with Crippen LogP contribution in [0.5, 0.6) is 5.75 Å². The van der Waals surface area contributed by atoms with Crippen LogP contribution in [0.25, 0.3) is 11.1 Å². The minimum Gasteiger partial charge on any atom is -0.496 e. The highest BCUT2D eigenvalue weighted by Gasteiger charge is 2.34. The summed E-state index contributed by atoms with van der Waals surface area (Å²) in [6.07, 6.45) is 0. The first-order valence-electron chi connectivity index (χ1n) is 10.4. The highest BCUT2D eigenvalue weighted by atomic mass is 16.5. The fourth-order valence-electron chi connectivity index (χ4n) is 4.26. The minimum atomic E-state index is -0.254. The van der Waals surface area contributed by atoms with Gasteiger partial charge in [-0.05, 0) is 23.3 Å². The van der Waals surface area contributed by atoms with Crippen LogP contribution in [-0.4, -0.2) is 48.4 Å². The Morgan fingerprint density at radius 2 is 1.55 bits per heavy atom. The predicted octanol–water partition coefficient (Wildman–Crippen LogP) is 4.41. The average Bonchev–Trinajstić information content (AvgIpc) is 2.83. The molecule has 3 aromatic carbocycles. The number of hydrogen-bond donors (Lipinski definition) is 0. The lowest BCUT2D eigenvalue weighted by Gasteiger charge is -2.41. The third-order valence-corrected chi connectivity index (χ3v) is 5.81. The third kappa shape index (κ3) is 4.17. The lowest BCUT2D eigenvalue weighted by atomic mass is 9.97. The molecule has 0 N–H and O–H groups in total. The first-order chi connectivity index (χ1) is 15.1. The van der Waals surface area contributed by atoms with E-state index in [2.05, 4.69) is 0 Å². The van der Waals surface area contributed by atoms with Crippen LogP contribution in [0.1, 0.15) is 28.9 Å². The molecule has 0 spiro atoms. The zero-order chi connectivity index (χ0) is 21.8. The number of amides is 2. The number of carbonyl (C=O) groups excluding carboxylic acids is 2. The Hall–Kier alpha value is -3.60. The molecule has 31 heavy (non-hydrogen) atoms. The molecule has 1 atom stereocenters. The van der Waals surface area contributed by atoms with Gasteiger partial charge in [0.15, 0.2) is 0 Å². The third-order valence-electron chi connectivity index (χ3n) is 5.81. The van der Waals surface area contributed by atoms with Gasteiger partial charge in [0.2, 0.25) is 5.91 Å². The van der Waals surface area contributed by atoms with Crippen LogP contribution in [0.2, 0.25) is 0 Å². The van der Waals surface area contributed by atoms with Crippen molar-refractivity contribution < 1.29 is 14.3 Å². The second-order valence-corrected chi connectivity index (χ2v) is 7.63. The molecule has 2 amide bonds. The van der Waals surface area contributed by atoms with Gasteiger partial charge in [-0.1, -0.05) is 66.7 Å². The summed E-state index contributed by atoms with van der Waals surface area (Å²) in [4.78, 5) is 29.6. The first-order valence-corrected chi connectivity index (χ1v) is 10.4. The summed E-state index contributed by atoms with van der Waals surface area (Å²) in [6, 6.07) is 25.1. The number of hydrogen-bond acceptors (Lipinski definition) is 3. The molecule has 1 aliphatic heterocycles. The Morgan fingerprint density at radius 1 is 0.871 bits per heavy atom. The maximum Gasteiger partial charge on any atom is 0.254 e. The number of benzene rings is 3. The highest BCUT2D eigenvalue weighted by molar-refractivity contribution is 6.01. The van der Waals surface area contributed by atoms with Gasteiger partial charge >= 0.3 is 0 Å². The summed E-state index contributed by atoms with van der Waals surface area (Å²) in [6.45, 7) is 2.97. The van der Waals surface area contributed by atoms with E-state index in [1.54, 1.807) is 14.0 Å². The normalized spacial score (nSPS) is 16.1. The fourth-order valence-corrected chi connectivity index (χ4v) is 4.26. The zero-order valence-electron chi connectivity index (χ0n) is 17.8. The lowest BCUT2D eigenvalue weighted by molar-refractivity contribution is -0.133. The molecular formula is C26H26N2O3. The van der Waals surface area contributed by atoms with Crippen molar-refractivity contribution in [3.8, 4) is 16.9 Å². The van der Waals surface area contributed by atoms with Gasteiger partial charge in [0.25, 0.3) is 5.91 Å². The summed E-state index contributed by atoms with van der Waals surface area (Å²) in [5, 5.41) is 0. The zero-order valence-corrected chi connectivity index (χ0v) is 17.8. The molecule has 0 aliphatic carbocycles. The van der Waals surface area contributed by atoms with Crippen LogP contribution in [0.4, 0.5) is 0 Å². The van der Waals surface area contributed by atoms with Crippen molar-refractivity contribution in [3.63, 3.8) is 0 Å². The van der Waals surface area contributed by atoms with Gasteiger partial charge in [-0.2, -0.15) is 0 Å². The van der Waals surface area contributed by atoms with Gasteiger partial charge in [-0.25, -0.2) is 0 Å². The molecule has 0 bridgehead atoms. The lowest BCUT2D eigenvalue weighted by Crippen LogP contribution is -2.52. The quantitative estimate of drug-likeness (QED) is 0.636. The van der Waals surface area contributed by atoms with Crippen LogP contribution < -0.4 is 4.74 Å². The molecule has 5 nitrogen and oxygen atoms in total. The Morgan fingerprint density at radius 3 is 2.29 bits per heavy atom. The van der Waals surface area contributed by atoms with E-state index in [1.807, 2.05) is 88.7 Å². The predicted molar refractivity (Wildman–Crippen MR) is 121 cm³/mol. The molecule has 4 rings (SSSR count). The summed E-state index contributed by atoms with van der Waals surface area (Å²) in [5.41, 5.74) is 3.50. The summed E-state index contributed by atoms with van der Waals surface area (Å²) < 4.78 is 5.54. The smallest absolute Gasteiger partial charge is 0.254 e. The monoisotopic (exact) mass is 414 g/mol. The van der Waals surface area contributed by atoms with Crippen LogP contribution in [-0.2, 0) is 4.79 Å². The second-order valence-electron chi connectivity index (χ2n) is 7.63. The van der Waals surface area contributed by atoms with E-state index >= 15 is 0 Å². The molecule has 5 heteroatoms. The fraction of sp³-hybridized carbons (Fsp3) is 0.231. The van der Waals surface area contributed by atoms with Crippen molar-refractivity contribution >= 4 is 11.8 Å². The van der Waals surface area contributed by atoms with Gasteiger partial charge in [0.1, 0.15) is 5.75 Å². The molecule has 158 valence electrons. The van der Waals surface area contributed by atoms with Crippen molar-refractivity contribution in [2.75, 3.05) is 26.7 Å². The van der Waals surface area contributed by atoms with Crippen molar-refractivity contribution in [2.45, 2.75) is 13.0 Å². The number of ether oxygens (including phenoxy) is 1. The van der Waals surface area contributed by atoms with Crippen molar-refractivity contribution in [1.82, 2.24) is 9.80 Å². The largest absolute Gasteiger partial charge is 0.496 e.